The first-order chi connectivity index (χ1) is 5.54. The lowest BCUT2D eigenvalue weighted by molar-refractivity contribution is 0.602. The Balaban J connectivity index is 3.20. The van der Waals surface area contributed by atoms with Crippen molar-refractivity contribution >= 4 is 32.4 Å². The van der Waals surface area contributed by atoms with Crippen molar-refractivity contribution in [1.82, 2.24) is 0 Å². The number of hydrogen-bond acceptors (Lipinski definition) is 2. The molecule has 0 N–H and O–H groups in total. The number of rotatable bonds is 2. The third-order valence-corrected chi connectivity index (χ3v) is 3.47. The predicted molar refractivity (Wildman–Crippen MR) is 57.3 cm³/mol. The maximum Gasteiger partial charge on any atom is 0.175 e. The molecule has 0 aliphatic carbocycles. The van der Waals surface area contributed by atoms with Crippen molar-refractivity contribution in [1.29, 1.82) is 0 Å². The van der Waals surface area contributed by atoms with E-state index < -0.39 is 9.84 Å². The molecule has 12 heavy (non-hydrogen) atoms. The minimum absolute atomic E-state index is 0.400. The van der Waals surface area contributed by atoms with Gasteiger partial charge in [0.1, 0.15) is 0 Å². The van der Waals surface area contributed by atoms with E-state index in [1.54, 1.807) is 18.2 Å². The Kier molecular flexibility index (Phi) is 3.11. The van der Waals surface area contributed by atoms with E-state index in [2.05, 4.69) is 22.6 Å². The molecular weight excluding hydrogens is 287 g/mol. The molecule has 0 saturated heterocycles. The van der Waals surface area contributed by atoms with Gasteiger partial charge in [-0.25, -0.2) is 8.42 Å². The summed E-state index contributed by atoms with van der Waals surface area (Å²) in [4.78, 5) is 0.400. The Morgan fingerprint density at radius 2 is 2.08 bits per heavy atom. The van der Waals surface area contributed by atoms with Gasteiger partial charge in [0.05, 0.1) is 4.90 Å². The summed E-state index contributed by atoms with van der Waals surface area (Å²) in [7, 11) is -3.04. The largest absolute Gasteiger partial charge is 0.224 e. The van der Waals surface area contributed by atoms with Gasteiger partial charge in [-0.15, -0.1) is 0 Å². The van der Waals surface area contributed by atoms with Gasteiger partial charge in [0, 0.05) is 10.7 Å². The molecule has 4 heteroatoms. The van der Waals surface area contributed by atoms with Gasteiger partial charge in [-0.3, -0.25) is 0 Å². The lowest BCUT2D eigenvalue weighted by Crippen LogP contribution is -1.97. The lowest BCUT2D eigenvalue weighted by atomic mass is 10.2. The van der Waals surface area contributed by atoms with E-state index in [-0.39, 0.29) is 0 Å². The summed E-state index contributed by atoms with van der Waals surface area (Å²) in [5.41, 5.74) is 1.04. The van der Waals surface area contributed by atoms with Crippen molar-refractivity contribution in [3.63, 3.8) is 0 Å². The fourth-order valence-electron chi connectivity index (χ4n) is 0.859. The summed E-state index contributed by atoms with van der Waals surface area (Å²) in [6.07, 6.45) is 1.22. The number of hydrogen-bond donors (Lipinski definition) is 0. The first-order valence-electron chi connectivity index (χ1n) is 3.39. The standard InChI is InChI=1S/C8H9IO2S/c1-12(10,11)8-4-2-3-7(5-8)6-9/h2-5H,6H2,1H3. The lowest BCUT2D eigenvalue weighted by Gasteiger charge is -1.99. The Hall–Kier alpha value is -0.100. The molecule has 1 aromatic carbocycles. The van der Waals surface area contributed by atoms with E-state index in [0.29, 0.717) is 4.90 Å². The molecule has 0 unspecified atom stereocenters. The predicted octanol–water partition coefficient (Wildman–Crippen LogP) is 2.03. The van der Waals surface area contributed by atoms with E-state index in [1.165, 1.54) is 6.26 Å². The Morgan fingerprint density at radius 3 is 2.58 bits per heavy atom. The van der Waals surface area contributed by atoms with E-state index in [1.807, 2.05) is 6.07 Å². The maximum atomic E-state index is 11.1. The monoisotopic (exact) mass is 296 g/mol. The molecule has 0 aliphatic rings. The highest BCUT2D eigenvalue weighted by Gasteiger charge is 2.05. The van der Waals surface area contributed by atoms with Gasteiger partial charge in [0.15, 0.2) is 9.84 Å². The summed E-state index contributed by atoms with van der Waals surface area (Å²) in [5.74, 6) is 0. The third kappa shape index (κ3) is 2.45. The van der Waals surface area contributed by atoms with Crippen LogP contribution in [0, 0.1) is 0 Å². The number of alkyl halides is 1. The van der Waals surface area contributed by atoms with Crippen molar-refractivity contribution in [2.45, 2.75) is 9.32 Å². The van der Waals surface area contributed by atoms with Gasteiger partial charge in [0.25, 0.3) is 0 Å². The van der Waals surface area contributed by atoms with E-state index in [4.69, 9.17) is 0 Å². The minimum atomic E-state index is -3.04. The molecule has 0 fully saturated rings. The Labute approximate surface area is 86.0 Å². The quantitative estimate of drug-likeness (QED) is 0.618. The van der Waals surface area contributed by atoms with E-state index in [0.717, 1.165) is 9.99 Å². The number of benzene rings is 1. The second-order valence-electron chi connectivity index (χ2n) is 2.55. The zero-order valence-electron chi connectivity index (χ0n) is 6.62. The van der Waals surface area contributed by atoms with Crippen LogP contribution in [0.4, 0.5) is 0 Å². The van der Waals surface area contributed by atoms with Crippen LogP contribution in [-0.4, -0.2) is 14.7 Å². The highest BCUT2D eigenvalue weighted by molar-refractivity contribution is 14.1. The first-order valence-corrected chi connectivity index (χ1v) is 6.80. The van der Waals surface area contributed by atoms with E-state index >= 15 is 0 Å². The number of sulfone groups is 1. The second kappa shape index (κ2) is 3.74. The van der Waals surface area contributed by atoms with Crippen LogP contribution >= 0.6 is 22.6 Å². The van der Waals surface area contributed by atoms with Gasteiger partial charge >= 0.3 is 0 Å². The Bertz CT molecular complexity index is 370. The van der Waals surface area contributed by atoms with Crippen LogP contribution in [0.2, 0.25) is 0 Å². The van der Waals surface area contributed by atoms with Crippen molar-refractivity contribution in [2.75, 3.05) is 6.26 Å². The van der Waals surface area contributed by atoms with Crippen molar-refractivity contribution in [3.8, 4) is 0 Å². The molecular formula is C8H9IO2S. The second-order valence-corrected chi connectivity index (χ2v) is 5.33. The van der Waals surface area contributed by atoms with Crippen LogP contribution < -0.4 is 0 Å². The molecule has 0 atom stereocenters. The van der Waals surface area contributed by atoms with Crippen molar-refractivity contribution in [3.05, 3.63) is 29.8 Å². The molecule has 0 heterocycles. The molecule has 1 aromatic rings. The highest BCUT2D eigenvalue weighted by Crippen LogP contribution is 2.13. The van der Waals surface area contributed by atoms with Crippen molar-refractivity contribution in [2.24, 2.45) is 0 Å². The van der Waals surface area contributed by atoms with Gasteiger partial charge in [-0.1, -0.05) is 34.7 Å². The molecule has 0 aliphatic heterocycles. The SMILES string of the molecule is CS(=O)(=O)c1cccc(CI)c1. The normalized spacial score (nSPS) is 11.5. The third-order valence-electron chi connectivity index (χ3n) is 1.48. The molecule has 0 saturated carbocycles. The zero-order valence-corrected chi connectivity index (χ0v) is 9.59. The summed E-state index contributed by atoms with van der Waals surface area (Å²) >= 11 is 2.20. The van der Waals surface area contributed by atoms with Gasteiger partial charge < -0.3 is 0 Å². The van der Waals surface area contributed by atoms with Crippen LogP contribution in [0.3, 0.4) is 0 Å². The summed E-state index contributed by atoms with van der Waals surface area (Å²) < 4.78 is 23.0. The summed E-state index contributed by atoms with van der Waals surface area (Å²) in [6.45, 7) is 0. The van der Waals surface area contributed by atoms with Crippen LogP contribution in [0.1, 0.15) is 5.56 Å². The molecule has 2 nitrogen and oxygen atoms in total. The topological polar surface area (TPSA) is 34.1 Å². The number of halogens is 1. The van der Waals surface area contributed by atoms with Crippen LogP contribution in [0.25, 0.3) is 0 Å². The van der Waals surface area contributed by atoms with Gasteiger partial charge in [0.2, 0.25) is 0 Å². The average Bonchev–Trinajstić information content (AvgIpc) is 2.03. The molecule has 0 radical (unpaired) electrons. The first kappa shape index (κ1) is 9.98. The van der Waals surface area contributed by atoms with Crippen LogP contribution in [-0.2, 0) is 14.3 Å². The fraction of sp³-hybridized carbons (Fsp3) is 0.250. The van der Waals surface area contributed by atoms with Crippen molar-refractivity contribution < 1.29 is 8.42 Å². The summed E-state index contributed by atoms with van der Waals surface area (Å²) in [6, 6.07) is 7.01. The average molecular weight is 296 g/mol. The molecule has 66 valence electrons. The highest BCUT2D eigenvalue weighted by atomic mass is 127. The minimum Gasteiger partial charge on any atom is -0.224 e. The fourth-order valence-corrected chi connectivity index (χ4v) is 2.02. The smallest absolute Gasteiger partial charge is 0.175 e. The molecule has 1 rings (SSSR count). The van der Waals surface area contributed by atoms with Crippen LogP contribution in [0.5, 0.6) is 0 Å². The Morgan fingerprint density at radius 1 is 1.42 bits per heavy atom. The molecule has 0 spiro atoms. The molecule has 0 aromatic heterocycles. The summed E-state index contributed by atoms with van der Waals surface area (Å²) in [5, 5.41) is 0. The van der Waals surface area contributed by atoms with Gasteiger partial charge in [-0.05, 0) is 17.7 Å². The zero-order chi connectivity index (χ0) is 9.19. The molecule has 0 bridgehead atoms. The molecule has 0 amide bonds. The maximum absolute atomic E-state index is 11.1. The van der Waals surface area contributed by atoms with Gasteiger partial charge in [-0.2, -0.15) is 0 Å². The van der Waals surface area contributed by atoms with Crippen LogP contribution in [0.15, 0.2) is 29.2 Å². The van der Waals surface area contributed by atoms with E-state index in [9.17, 15) is 8.42 Å².